The van der Waals surface area contributed by atoms with Crippen LogP contribution in [0.5, 0.6) is 5.75 Å². The molecule has 0 aliphatic rings. The molecule has 0 radical (unpaired) electrons. The van der Waals surface area contributed by atoms with E-state index in [1.54, 1.807) is 4.90 Å². The van der Waals surface area contributed by atoms with Gasteiger partial charge in [-0.25, -0.2) is 0 Å². The standard InChI is InChI=1S/C15H24N2O2.ClH/c1-13-7-4-5-8-14(13)19-12-6-9-15(18)17(3)11-10-16-2;/h4-5,7-8,16H,6,9-12H2,1-3H3;1H. The first-order valence-corrected chi connectivity index (χ1v) is 6.72. The molecule has 0 aliphatic heterocycles. The molecule has 0 atom stereocenters. The Balaban J connectivity index is 0.00000361. The lowest BCUT2D eigenvalue weighted by Gasteiger charge is -2.17. The highest BCUT2D eigenvalue weighted by Crippen LogP contribution is 2.16. The van der Waals surface area contributed by atoms with Gasteiger partial charge in [-0.1, -0.05) is 18.2 Å². The van der Waals surface area contributed by atoms with Crippen molar-refractivity contribution < 1.29 is 9.53 Å². The first kappa shape index (κ1) is 18.7. The molecule has 20 heavy (non-hydrogen) atoms. The number of carbonyl (C=O) groups excluding carboxylic acids is 1. The van der Waals surface area contributed by atoms with E-state index in [-0.39, 0.29) is 18.3 Å². The van der Waals surface area contributed by atoms with E-state index in [0.717, 1.165) is 30.8 Å². The number of hydrogen-bond donors (Lipinski definition) is 1. The van der Waals surface area contributed by atoms with Gasteiger partial charge in [0.1, 0.15) is 5.75 Å². The maximum absolute atomic E-state index is 11.8. The number of halogens is 1. The first-order valence-electron chi connectivity index (χ1n) is 6.72. The van der Waals surface area contributed by atoms with Crippen molar-refractivity contribution in [2.75, 3.05) is 33.8 Å². The Hall–Kier alpha value is -1.26. The molecular weight excluding hydrogens is 276 g/mol. The molecule has 5 heteroatoms. The number of likely N-dealkylation sites (N-methyl/N-ethyl adjacent to an activating group) is 2. The van der Waals surface area contributed by atoms with Gasteiger partial charge in [-0.2, -0.15) is 0 Å². The van der Waals surface area contributed by atoms with Crippen LogP contribution in [0.3, 0.4) is 0 Å². The van der Waals surface area contributed by atoms with E-state index in [1.165, 1.54) is 0 Å². The molecule has 0 aromatic heterocycles. The number of hydrogen-bond acceptors (Lipinski definition) is 3. The van der Waals surface area contributed by atoms with Crippen LogP contribution in [0.4, 0.5) is 0 Å². The lowest BCUT2D eigenvalue weighted by molar-refractivity contribution is -0.130. The predicted octanol–water partition coefficient (Wildman–Crippen LogP) is 2.25. The monoisotopic (exact) mass is 300 g/mol. The smallest absolute Gasteiger partial charge is 0.222 e. The third-order valence-corrected chi connectivity index (χ3v) is 3.01. The summed E-state index contributed by atoms with van der Waals surface area (Å²) >= 11 is 0. The fourth-order valence-electron chi connectivity index (χ4n) is 1.72. The number of rotatable bonds is 8. The lowest BCUT2D eigenvalue weighted by atomic mass is 10.2. The largest absolute Gasteiger partial charge is 0.493 e. The molecular formula is C15H25ClN2O2. The number of nitrogens with zero attached hydrogens (tertiary/aromatic N) is 1. The van der Waals surface area contributed by atoms with E-state index in [2.05, 4.69) is 5.32 Å². The van der Waals surface area contributed by atoms with Crippen LogP contribution >= 0.6 is 12.4 Å². The molecule has 1 aromatic carbocycles. The molecule has 1 N–H and O–H groups in total. The third-order valence-electron chi connectivity index (χ3n) is 3.01. The van der Waals surface area contributed by atoms with Crippen LogP contribution < -0.4 is 10.1 Å². The van der Waals surface area contributed by atoms with Crippen LogP contribution in [0.2, 0.25) is 0 Å². The Labute approximate surface area is 127 Å². The van der Waals surface area contributed by atoms with Gasteiger partial charge in [0.15, 0.2) is 0 Å². The molecule has 1 rings (SSSR count). The van der Waals surface area contributed by atoms with Crippen molar-refractivity contribution in [3.8, 4) is 5.75 Å². The van der Waals surface area contributed by atoms with Crippen LogP contribution in [0.1, 0.15) is 18.4 Å². The van der Waals surface area contributed by atoms with Crippen LogP contribution in [0.15, 0.2) is 24.3 Å². The first-order chi connectivity index (χ1) is 9.15. The second-order valence-corrected chi connectivity index (χ2v) is 4.64. The summed E-state index contributed by atoms with van der Waals surface area (Å²) in [7, 11) is 3.72. The number of carbonyl (C=O) groups is 1. The summed E-state index contributed by atoms with van der Waals surface area (Å²) in [6.45, 7) is 4.17. The highest BCUT2D eigenvalue weighted by atomic mass is 35.5. The Kier molecular flexibility index (Phi) is 9.86. The van der Waals surface area contributed by atoms with Crippen molar-refractivity contribution in [1.29, 1.82) is 0 Å². The number of benzene rings is 1. The quantitative estimate of drug-likeness (QED) is 0.749. The molecule has 0 saturated heterocycles. The normalized spacial score (nSPS) is 9.75. The van der Waals surface area contributed by atoms with Crippen molar-refractivity contribution in [1.82, 2.24) is 10.2 Å². The van der Waals surface area contributed by atoms with Crippen molar-refractivity contribution in [2.45, 2.75) is 19.8 Å². The van der Waals surface area contributed by atoms with E-state index in [1.807, 2.05) is 45.3 Å². The van der Waals surface area contributed by atoms with Crippen LogP contribution in [0.25, 0.3) is 0 Å². The SMILES string of the molecule is CNCCN(C)C(=O)CCCOc1ccccc1C.Cl. The predicted molar refractivity (Wildman–Crippen MR) is 84.7 cm³/mol. The number of aryl methyl sites for hydroxylation is 1. The van der Waals surface area contributed by atoms with E-state index in [9.17, 15) is 4.79 Å². The topological polar surface area (TPSA) is 41.6 Å². The fourth-order valence-corrected chi connectivity index (χ4v) is 1.72. The number of para-hydroxylation sites is 1. The average molecular weight is 301 g/mol. The zero-order valence-electron chi connectivity index (χ0n) is 12.5. The summed E-state index contributed by atoms with van der Waals surface area (Å²) in [4.78, 5) is 13.5. The van der Waals surface area contributed by atoms with Crippen molar-refractivity contribution >= 4 is 18.3 Å². The third kappa shape index (κ3) is 6.78. The minimum atomic E-state index is 0. The maximum Gasteiger partial charge on any atom is 0.222 e. The van der Waals surface area contributed by atoms with Gasteiger partial charge in [0.05, 0.1) is 6.61 Å². The molecule has 1 amide bonds. The number of nitrogens with one attached hydrogen (secondary N) is 1. The summed E-state index contributed by atoms with van der Waals surface area (Å²) in [6.07, 6.45) is 1.28. The lowest BCUT2D eigenvalue weighted by Crippen LogP contribution is -2.32. The van der Waals surface area contributed by atoms with Gasteiger partial charge in [-0.15, -0.1) is 12.4 Å². The van der Waals surface area contributed by atoms with Gasteiger partial charge in [0, 0.05) is 26.6 Å². The summed E-state index contributed by atoms with van der Waals surface area (Å²) < 4.78 is 5.66. The second kappa shape index (κ2) is 10.5. The highest BCUT2D eigenvalue weighted by Gasteiger charge is 2.07. The molecule has 0 unspecified atom stereocenters. The van der Waals surface area contributed by atoms with E-state index >= 15 is 0 Å². The second-order valence-electron chi connectivity index (χ2n) is 4.64. The highest BCUT2D eigenvalue weighted by molar-refractivity contribution is 5.85. The Morgan fingerprint density at radius 3 is 2.70 bits per heavy atom. The average Bonchev–Trinajstić information content (AvgIpc) is 2.42. The number of ether oxygens (including phenoxy) is 1. The zero-order valence-corrected chi connectivity index (χ0v) is 13.3. The minimum Gasteiger partial charge on any atom is -0.493 e. The van der Waals surface area contributed by atoms with Gasteiger partial charge >= 0.3 is 0 Å². The van der Waals surface area contributed by atoms with Crippen LogP contribution in [0, 0.1) is 6.92 Å². The van der Waals surface area contributed by atoms with Gasteiger partial charge in [0.2, 0.25) is 5.91 Å². The molecule has 0 fully saturated rings. The summed E-state index contributed by atoms with van der Waals surface area (Å²) in [5.74, 6) is 1.07. The van der Waals surface area contributed by atoms with Gasteiger partial charge < -0.3 is 15.0 Å². The molecule has 0 bridgehead atoms. The maximum atomic E-state index is 11.8. The molecule has 4 nitrogen and oxygen atoms in total. The van der Waals surface area contributed by atoms with Crippen LogP contribution in [-0.2, 0) is 4.79 Å². The summed E-state index contributed by atoms with van der Waals surface area (Å²) in [5, 5.41) is 3.03. The Morgan fingerprint density at radius 2 is 2.05 bits per heavy atom. The molecule has 0 spiro atoms. The van der Waals surface area contributed by atoms with E-state index < -0.39 is 0 Å². The summed E-state index contributed by atoms with van der Waals surface area (Å²) in [5.41, 5.74) is 1.12. The molecule has 114 valence electrons. The molecule has 0 heterocycles. The zero-order chi connectivity index (χ0) is 14.1. The fraction of sp³-hybridized carbons (Fsp3) is 0.533. The van der Waals surface area contributed by atoms with E-state index in [0.29, 0.717) is 13.0 Å². The van der Waals surface area contributed by atoms with Gasteiger partial charge in [-0.05, 0) is 32.0 Å². The Bertz CT molecular complexity index is 399. The molecule has 0 aliphatic carbocycles. The molecule has 1 aromatic rings. The van der Waals surface area contributed by atoms with E-state index in [4.69, 9.17) is 4.74 Å². The van der Waals surface area contributed by atoms with Crippen LogP contribution in [-0.4, -0.2) is 44.6 Å². The van der Waals surface area contributed by atoms with Gasteiger partial charge in [-0.3, -0.25) is 4.79 Å². The minimum absolute atomic E-state index is 0. The van der Waals surface area contributed by atoms with Gasteiger partial charge in [0.25, 0.3) is 0 Å². The number of amides is 1. The Morgan fingerprint density at radius 1 is 1.35 bits per heavy atom. The summed E-state index contributed by atoms with van der Waals surface area (Å²) in [6, 6.07) is 7.92. The van der Waals surface area contributed by atoms with Crippen molar-refractivity contribution in [3.63, 3.8) is 0 Å². The molecule has 0 saturated carbocycles. The van der Waals surface area contributed by atoms with Crippen molar-refractivity contribution in [2.24, 2.45) is 0 Å². The van der Waals surface area contributed by atoms with Crippen molar-refractivity contribution in [3.05, 3.63) is 29.8 Å².